The molecule has 1 saturated heterocycles. The third-order valence-electron chi connectivity index (χ3n) is 5.38. The van der Waals surface area contributed by atoms with Crippen LogP contribution in [0.4, 0.5) is 17.1 Å². The minimum atomic E-state index is -0.426. The SMILES string of the molecule is CC1CCN(c2ccc(C(=O)Nc3ccccc3-n3ccnn3)cc2[N+](=O)[O-])CC1. The van der Waals surface area contributed by atoms with E-state index in [2.05, 4.69) is 22.6 Å². The summed E-state index contributed by atoms with van der Waals surface area (Å²) in [6.07, 6.45) is 5.21. The van der Waals surface area contributed by atoms with Crippen molar-refractivity contribution in [3.63, 3.8) is 0 Å². The van der Waals surface area contributed by atoms with Crippen LogP contribution in [-0.2, 0) is 0 Å². The van der Waals surface area contributed by atoms with E-state index in [9.17, 15) is 14.9 Å². The molecule has 1 aliphatic rings. The number of nitro groups is 1. The van der Waals surface area contributed by atoms with Crippen LogP contribution < -0.4 is 10.2 Å². The van der Waals surface area contributed by atoms with E-state index in [1.54, 1.807) is 47.4 Å². The zero-order valence-corrected chi connectivity index (χ0v) is 16.6. The number of piperidine rings is 1. The summed E-state index contributed by atoms with van der Waals surface area (Å²) in [6, 6.07) is 11.8. The van der Waals surface area contributed by atoms with Gasteiger partial charge in [0.2, 0.25) is 0 Å². The molecule has 0 spiro atoms. The number of carbonyl (C=O) groups is 1. The molecule has 1 fully saturated rings. The van der Waals surface area contributed by atoms with E-state index in [1.165, 1.54) is 6.07 Å². The second-order valence-corrected chi connectivity index (χ2v) is 7.45. The highest BCUT2D eigenvalue weighted by molar-refractivity contribution is 6.06. The molecule has 1 amide bonds. The second kappa shape index (κ2) is 8.32. The number of hydrogen-bond donors (Lipinski definition) is 1. The maximum Gasteiger partial charge on any atom is 0.293 e. The summed E-state index contributed by atoms with van der Waals surface area (Å²) in [5.41, 5.74) is 1.92. The summed E-state index contributed by atoms with van der Waals surface area (Å²) in [5, 5.41) is 22.3. The first-order chi connectivity index (χ1) is 14.5. The van der Waals surface area contributed by atoms with Crippen molar-refractivity contribution in [3.8, 4) is 5.69 Å². The van der Waals surface area contributed by atoms with Gasteiger partial charge in [-0.1, -0.05) is 24.3 Å². The Bertz CT molecular complexity index is 1060. The summed E-state index contributed by atoms with van der Waals surface area (Å²) in [7, 11) is 0. The number of nitrogens with zero attached hydrogens (tertiary/aromatic N) is 5. The van der Waals surface area contributed by atoms with E-state index in [-0.39, 0.29) is 11.3 Å². The van der Waals surface area contributed by atoms with Gasteiger partial charge in [0, 0.05) is 24.7 Å². The maximum atomic E-state index is 12.8. The van der Waals surface area contributed by atoms with E-state index in [4.69, 9.17) is 0 Å². The van der Waals surface area contributed by atoms with Crippen molar-refractivity contribution >= 4 is 23.0 Å². The van der Waals surface area contributed by atoms with Crippen molar-refractivity contribution in [1.29, 1.82) is 0 Å². The van der Waals surface area contributed by atoms with E-state index in [1.807, 2.05) is 11.0 Å². The van der Waals surface area contributed by atoms with Crippen molar-refractivity contribution in [2.75, 3.05) is 23.3 Å². The van der Waals surface area contributed by atoms with Crippen LogP contribution >= 0.6 is 0 Å². The second-order valence-electron chi connectivity index (χ2n) is 7.45. The number of nitro benzene ring substituents is 1. The van der Waals surface area contributed by atoms with E-state index >= 15 is 0 Å². The smallest absolute Gasteiger partial charge is 0.293 e. The fourth-order valence-corrected chi connectivity index (χ4v) is 3.64. The molecule has 0 aliphatic carbocycles. The lowest BCUT2D eigenvalue weighted by Gasteiger charge is -2.31. The molecular weight excluding hydrogens is 384 g/mol. The van der Waals surface area contributed by atoms with Gasteiger partial charge in [-0.15, -0.1) is 5.10 Å². The Balaban J connectivity index is 1.60. The summed E-state index contributed by atoms with van der Waals surface area (Å²) >= 11 is 0. The Morgan fingerprint density at radius 3 is 2.63 bits per heavy atom. The summed E-state index contributed by atoms with van der Waals surface area (Å²) in [6.45, 7) is 3.74. The monoisotopic (exact) mass is 406 g/mol. The largest absolute Gasteiger partial charge is 0.366 e. The topological polar surface area (TPSA) is 106 Å². The third-order valence-corrected chi connectivity index (χ3v) is 5.38. The highest BCUT2D eigenvalue weighted by atomic mass is 16.6. The molecule has 0 radical (unpaired) electrons. The standard InChI is InChI=1S/C21H22N6O3/c1-15-8-11-25(12-9-15)19-7-6-16(14-20(19)27(29)30)21(28)23-17-4-2-3-5-18(17)26-13-10-22-24-26/h2-7,10,13-15H,8-9,11-12H2,1H3,(H,23,28). The summed E-state index contributed by atoms with van der Waals surface area (Å²) in [5.74, 6) is 0.194. The highest BCUT2D eigenvalue weighted by Crippen LogP contribution is 2.32. The molecule has 9 heteroatoms. The third kappa shape index (κ3) is 4.00. The van der Waals surface area contributed by atoms with Crippen LogP contribution in [0.3, 0.4) is 0 Å². The lowest BCUT2D eigenvalue weighted by Crippen LogP contribution is -2.33. The van der Waals surface area contributed by atoms with Gasteiger partial charge in [-0.2, -0.15) is 0 Å². The van der Waals surface area contributed by atoms with Gasteiger partial charge in [0.1, 0.15) is 5.69 Å². The average Bonchev–Trinajstić information content (AvgIpc) is 3.29. The van der Waals surface area contributed by atoms with Crippen molar-refractivity contribution in [2.45, 2.75) is 19.8 Å². The Labute approximate surface area is 173 Å². The quantitative estimate of drug-likeness (QED) is 0.512. The van der Waals surface area contributed by atoms with Gasteiger partial charge >= 0.3 is 0 Å². The number of carbonyl (C=O) groups excluding carboxylic acids is 1. The zero-order chi connectivity index (χ0) is 21.1. The zero-order valence-electron chi connectivity index (χ0n) is 16.6. The molecule has 0 unspecified atom stereocenters. The number of rotatable bonds is 5. The van der Waals surface area contributed by atoms with Crippen molar-refractivity contribution in [3.05, 3.63) is 70.5 Å². The molecule has 4 rings (SSSR count). The fraction of sp³-hybridized carbons (Fsp3) is 0.286. The van der Waals surface area contributed by atoms with Gasteiger partial charge in [0.25, 0.3) is 11.6 Å². The molecule has 0 saturated carbocycles. The van der Waals surface area contributed by atoms with Crippen LogP contribution in [0.1, 0.15) is 30.1 Å². The Kier molecular flexibility index (Phi) is 5.42. The lowest BCUT2D eigenvalue weighted by atomic mass is 9.98. The molecular formula is C21H22N6O3. The van der Waals surface area contributed by atoms with Gasteiger partial charge < -0.3 is 10.2 Å². The minimum absolute atomic E-state index is 0.0539. The van der Waals surface area contributed by atoms with Gasteiger partial charge in [0.15, 0.2) is 0 Å². The molecule has 0 atom stereocenters. The lowest BCUT2D eigenvalue weighted by molar-refractivity contribution is -0.384. The highest BCUT2D eigenvalue weighted by Gasteiger charge is 2.25. The molecule has 1 N–H and O–H groups in total. The van der Waals surface area contributed by atoms with Crippen molar-refractivity contribution in [1.82, 2.24) is 15.0 Å². The molecule has 2 heterocycles. The van der Waals surface area contributed by atoms with Gasteiger partial charge in [0.05, 0.1) is 28.7 Å². The van der Waals surface area contributed by atoms with Gasteiger partial charge in [-0.3, -0.25) is 14.9 Å². The summed E-state index contributed by atoms with van der Waals surface area (Å²) in [4.78, 5) is 26.2. The van der Waals surface area contributed by atoms with Gasteiger partial charge in [-0.25, -0.2) is 4.68 Å². The number of nitrogens with one attached hydrogen (secondary N) is 1. The van der Waals surface area contributed by atoms with Crippen LogP contribution in [0.5, 0.6) is 0 Å². The number of hydrogen-bond acceptors (Lipinski definition) is 6. The number of anilines is 2. The van der Waals surface area contributed by atoms with E-state index in [0.717, 1.165) is 25.9 Å². The Morgan fingerprint density at radius 2 is 1.93 bits per heavy atom. The molecule has 0 bridgehead atoms. The summed E-state index contributed by atoms with van der Waals surface area (Å²) < 4.78 is 1.54. The Morgan fingerprint density at radius 1 is 1.17 bits per heavy atom. The normalized spacial score (nSPS) is 14.5. The average molecular weight is 406 g/mol. The van der Waals surface area contributed by atoms with Crippen molar-refractivity contribution < 1.29 is 9.72 Å². The number of para-hydroxylation sites is 2. The van der Waals surface area contributed by atoms with Crippen molar-refractivity contribution in [2.24, 2.45) is 5.92 Å². The fourth-order valence-electron chi connectivity index (χ4n) is 3.64. The molecule has 2 aromatic carbocycles. The molecule has 30 heavy (non-hydrogen) atoms. The van der Waals surface area contributed by atoms with Crippen LogP contribution in [0, 0.1) is 16.0 Å². The minimum Gasteiger partial charge on any atom is -0.366 e. The molecule has 154 valence electrons. The number of aromatic nitrogens is 3. The van der Waals surface area contributed by atoms with Crippen LogP contribution in [0.15, 0.2) is 54.9 Å². The first-order valence-corrected chi connectivity index (χ1v) is 9.83. The van der Waals surface area contributed by atoms with Gasteiger partial charge in [-0.05, 0) is 43.0 Å². The molecule has 1 aromatic heterocycles. The maximum absolute atomic E-state index is 12.8. The first-order valence-electron chi connectivity index (χ1n) is 9.83. The van der Waals surface area contributed by atoms with E-state index in [0.29, 0.717) is 23.0 Å². The molecule has 9 nitrogen and oxygen atoms in total. The molecule has 3 aromatic rings. The van der Waals surface area contributed by atoms with Crippen LogP contribution in [0.25, 0.3) is 5.69 Å². The van der Waals surface area contributed by atoms with Crippen LogP contribution in [-0.4, -0.2) is 38.9 Å². The first kappa shape index (κ1) is 19.6. The van der Waals surface area contributed by atoms with Crippen LogP contribution in [0.2, 0.25) is 0 Å². The Hall–Kier alpha value is -3.75. The number of benzene rings is 2. The predicted molar refractivity (Wildman–Crippen MR) is 113 cm³/mol. The number of amides is 1. The van der Waals surface area contributed by atoms with E-state index < -0.39 is 10.8 Å². The predicted octanol–water partition coefficient (Wildman–Crippen LogP) is 3.66. The molecule has 1 aliphatic heterocycles.